The van der Waals surface area contributed by atoms with Crippen LogP contribution < -0.4 is 10.1 Å². The SMILES string of the molecule is CCCOc1ccc(NCc2ccc(Br)c(Br)c2)cc1. The van der Waals surface area contributed by atoms with Crippen LogP contribution >= 0.6 is 31.9 Å². The molecule has 0 aliphatic rings. The fraction of sp³-hybridized carbons (Fsp3) is 0.250. The topological polar surface area (TPSA) is 21.3 Å². The number of benzene rings is 2. The summed E-state index contributed by atoms with van der Waals surface area (Å²) in [5, 5.41) is 3.40. The third kappa shape index (κ3) is 4.53. The highest BCUT2D eigenvalue weighted by Gasteiger charge is 1.99. The van der Waals surface area contributed by atoms with Gasteiger partial charge in [-0.1, -0.05) is 13.0 Å². The van der Waals surface area contributed by atoms with Crippen LogP contribution in [0, 0.1) is 0 Å². The van der Waals surface area contributed by atoms with E-state index in [4.69, 9.17) is 4.74 Å². The van der Waals surface area contributed by atoms with Gasteiger partial charge in [-0.2, -0.15) is 0 Å². The maximum atomic E-state index is 5.56. The van der Waals surface area contributed by atoms with Crippen LogP contribution in [0.3, 0.4) is 0 Å². The Morgan fingerprint density at radius 3 is 2.40 bits per heavy atom. The van der Waals surface area contributed by atoms with Crippen molar-refractivity contribution < 1.29 is 4.74 Å². The van der Waals surface area contributed by atoms with Crippen LogP contribution in [-0.2, 0) is 6.54 Å². The lowest BCUT2D eigenvalue weighted by molar-refractivity contribution is 0.317. The Balaban J connectivity index is 1.91. The van der Waals surface area contributed by atoms with Crippen LogP contribution in [0.1, 0.15) is 18.9 Å². The van der Waals surface area contributed by atoms with Gasteiger partial charge in [0.05, 0.1) is 6.61 Å². The molecule has 106 valence electrons. The van der Waals surface area contributed by atoms with Gasteiger partial charge >= 0.3 is 0 Å². The fourth-order valence-corrected chi connectivity index (χ4v) is 2.42. The zero-order valence-corrected chi connectivity index (χ0v) is 14.5. The van der Waals surface area contributed by atoms with E-state index in [0.717, 1.165) is 40.0 Å². The lowest BCUT2D eigenvalue weighted by Crippen LogP contribution is -2.00. The number of hydrogen-bond acceptors (Lipinski definition) is 2. The molecule has 0 aliphatic carbocycles. The molecule has 0 amide bonds. The summed E-state index contributed by atoms with van der Waals surface area (Å²) in [6, 6.07) is 14.3. The number of halogens is 2. The summed E-state index contributed by atoms with van der Waals surface area (Å²) >= 11 is 6.99. The van der Waals surface area contributed by atoms with Crippen molar-refractivity contribution in [3.05, 3.63) is 57.0 Å². The maximum absolute atomic E-state index is 5.56. The first kappa shape index (κ1) is 15.4. The van der Waals surface area contributed by atoms with Gasteiger partial charge in [-0.25, -0.2) is 0 Å². The molecule has 2 aromatic rings. The number of hydrogen-bond donors (Lipinski definition) is 1. The standard InChI is InChI=1S/C16H17Br2NO/c1-2-9-20-14-6-4-13(5-7-14)19-11-12-3-8-15(17)16(18)10-12/h3-8,10,19H,2,9,11H2,1H3. The Hall–Kier alpha value is -1.000. The third-order valence-corrected chi connectivity index (χ3v) is 4.69. The molecule has 0 atom stereocenters. The Kier molecular flexibility index (Phi) is 5.92. The molecular formula is C16H17Br2NO. The second-order valence-corrected chi connectivity index (χ2v) is 6.18. The number of ether oxygens (including phenoxy) is 1. The normalized spacial score (nSPS) is 10.3. The van der Waals surface area contributed by atoms with Gasteiger partial charge in [-0.15, -0.1) is 0 Å². The van der Waals surface area contributed by atoms with E-state index in [1.807, 2.05) is 30.3 Å². The van der Waals surface area contributed by atoms with Crippen LogP contribution in [-0.4, -0.2) is 6.61 Å². The minimum Gasteiger partial charge on any atom is -0.494 e. The average molecular weight is 399 g/mol. The van der Waals surface area contributed by atoms with E-state index in [-0.39, 0.29) is 0 Å². The number of rotatable bonds is 6. The van der Waals surface area contributed by atoms with Gasteiger partial charge in [0.25, 0.3) is 0 Å². The molecule has 0 spiro atoms. The second kappa shape index (κ2) is 7.70. The molecule has 2 rings (SSSR count). The molecule has 0 radical (unpaired) electrons. The predicted molar refractivity (Wildman–Crippen MR) is 91.4 cm³/mol. The summed E-state index contributed by atoms with van der Waals surface area (Å²) in [6.07, 6.45) is 1.03. The minimum absolute atomic E-state index is 0.764. The highest BCUT2D eigenvalue weighted by Crippen LogP contribution is 2.24. The van der Waals surface area contributed by atoms with Crippen molar-refractivity contribution in [2.75, 3.05) is 11.9 Å². The Morgan fingerprint density at radius 1 is 1.00 bits per heavy atom. The van der Waals surface area contributed by atoms with Gasteiger partial charge in [-0.05, 0) is 80.2 Å². The van der Waals surface area contributed by atoms with E-state index in [0.29, 0.717) is 0 Å². The van der Waals surface area contributed by atoms with Gasteiger partial charge in [0.1, 0.15) is 5.75 Å². The van der Waals surface area contributed by atoms with E-state index < -0.39 is 0 Å². The molecule has 0 unspecified atom stereocenters. The van der Waals surface area contributed by atoms with Gasteiger partial charge in [-0.3, -0.25) is 0 Å². The van der Waals surface area contributed by atoms with Crippen molar-refractivity contribution in [2.45, 2.75) is 19.9 Å². The highest BCUT2D eigenvalue weighted by atomic mass is 79.9. The average Bonchev–Trinajstić information content (AvgIpc) is 2.47. The van der Waals surface area contributed by atoms with Crippen molar-refractivity contribution >= 4 is 37.5 Å². The molecule has 0 aliphatic heterocycles. The fourth-order valence-electron chi connectivity index (χ4n) is 1.74. The van der Waals surface area contributed by atoms with Crippen LogP contribution in [0.25, 0.3) is 0 Å². The predicted octanol–water partition coefficient (Wildman–Crippen LogP) is 5.61. The molecule has 1 N–H and O–H groups in total. The first-order valence-corrected chi connectivity index (χ1v) is 8.18. The highest BCUT2D eigenvalue weighted by molar-refractivity contribution is 9.13. The van der Waals surface area contributed by atoms with Crippen LogP contribution in [0.4, 0.5) is 5.69 Å². The van der Waals surface area contributed by atoms with Crippen molar-refractivity contribution in [3.63, 3.8) is 0 Å². The first-order valence-electron chi connectivity index (χ1n) is 6.59. The third-order valence-electron chi connectivity index (χ3n) is 2.81. The van der Waals surface area contributed by atoms with Crippen molar-refractivity contribution in [2.24, 2.45) is 0 Å². The molecule has 0 aromatic heterocycles. The van der Waals surface area contributed by atoms with Gasteiger partial charge in [0, 0.05) is 21.2 Å². The van der Waals surface area contributed by atoms with Gasteiger partial charge < -0.3 is 10.1 Å². The smallest absolute Gasteiger partial charge is 0.119 e. The van der Waals surface area contributed by atoms with Crippen molar-refractivity contribution in [1.82, 2.24) is 0 Å². The minimum atomic E-state index is 0.764. The molecule has 0 bridgehead atoms. The molecule has 20 heavy (non-hydrogen) atoms. The molecule has 0 heterocycles. The second-order valence-electron chi connectivity index (χ2n) is 4.47. The van der Waals surface area contributed by atoms with Crippen LogP contribution in [0.2, 0.25) is 0 Å². The lowest BCUT2D eigenvalue weighted by atomic mass is 10.2. The maximum Gasteiger partial charge on any atom is 0.119 e. The molecule has 2 aromatic carbocycles. The van der Waals surface area contributed by atoms with E-state index >= 15 is 0 Å². The number of anilines is 1. The summed E-state index contributed by atoms with van der Waals surface area (Å²) in [6.45, 7) is 3.66. The van der Waals surface area contributed by atoms with E-state index in [2.05, 4.69) is 56.2 Å². The molecular weight excluding hydrogens is 382 g/mol. The lowest BCUT2D eigenvalue weighted by Gasteiger charge is -2.09. The van der Waals surface area contributed by atoms with Crippen molar-refractivity contribution in [3.8, 4) is 5.75 Å². The quantitative estimate of drug-likeness (QED) is 0.682. The molecule has 0 saturated heterocycles. The van der Waals surface area contributed by atoms with E-state index in [1.54, 1.807) is 0 Å². The largest absolute Gasteiger partial charge is 0.494 e. The van der Waals surface area contributed by atoms with Gasteiger partial charge in [0.15, 0.2) is 0 Å². The molecule has 0 fully saturated rings. The molecule has 2 nitrogen and oxygen atoms in total. The van der Waals surface area contributed by atoms with Crippen molar-refractivity contribution in [1.29, 1.82) is 0 Å². The Labute approximate surface area is 136 Å². The van der Waals surface area contributed by atoms with E-state index in [1.165, 1.54) is 5.56 Å². The summed E-state index contributed by atoms with van der Waals surface area (Å²) in [4.78, 5) is 0. The van der Waals surface area contributed by atoms with Crippen LogP contribution in [0.15, 0.2) is 51.4 Å². The summed E-state index contributed by atoms with van der Waals surface area (Å²) < 4.78 is 7.70. The van der Waals surface area contributed by atoms with E-state index in [9.17, 15) is 0 Å². The molecule has 0 saturated carbocycles. The Bertz CT molecular complexity index is 555. The summed E-state index contributed by atoms with van der Waals surface area (Å²) in [5.41, 5.74) is 2.32. The summed E-state index contributed by atoms with van der Waals surface area (Å²) in [7, 11) is 0. The van der Waals surface area contributed by atoms with Gasteiger partial charge in [0.2, 0.25) is 0 Å². The molecule has 4 heteroatoms. The summed E-state index contributed by atoms with van der Waals surface area (Å²) in [5.74, 6) is 0.920. The van der Waals surface area contributed by atoms with Crippen LogP contribution in [0.5, 0.6) is 5.75 Å². The zero-order chi connectivity index (χ0) is 14.4. The monoisotopic (exact) mass is 397 g/mol. The number of nitrogens with one attached hydrogen (secondary N) is 1. The zero-order valence-electron chi connectivity index (χ0n) is 11.3. The first-order chi connectivity index (χ1) is 9.69. The Morgan fingerprint density at radius 2 is 1.75 bits per heavy atom.